The van der Waals surface area contributed by atoms with E-state index in [9.17, 15) is 19.4 Å². The number of amides is 1. The van der Waals surface area contributed by atoms with E-state index in [1.165, 1.54) is 212 Å². The van der Waals surface area contributed by atoms with Crippen molar-refractivity contribution in [3.8, 4) is 0 Å². The average Bonchev–Trinajstić information content (AvgIpc) is 3.21. The highest BCUT2D eigenvalue weighted by molar-refractivity contribution is 7.47. The largest absolute Gasteiger partial charge is 0.472 e. The van der Waals surface area contributed by atoms with Gasteiger partial charge in [0.25, 0.3) is 0 Å². The van der Waals surface area contributed by atoms with Crippen molar-refractivity contribution < 1.29 is 28.4 Å². The predicted octanol–water partition coefficient (Wildman–Crippen LogP) is 15.0. The van der Waals surface area contributed by atoms with Crippen molar-refractivity contribution in [2.45, 2.75) is 289 Å². The van der Waals surface area contributed by atoms with E-state index >= 15 is 0 Å². The maximum absolute atomic E-state index is 12.8. The molecule has 1 unspecified atom stereocenters. The van der Waals surface area contributed by atoms with E-state index in [0.717, 1.165) is 38.5 Å². The van der Waals surface area contributed by atoms with Gasteiger partial charge < -0.3 is 21.1 Å². The van der Waals surface area contributed by atoms with Crippen molar-refractivity contribution in [3.63, 3.8) is 0 Å². The number of nitrogens with two attached hydrogens (primary N) is 1. The lowest BCUT2D eigenvalue weighted by Gasteiger charge is -2.25. The summed E-state index contributed by atoms with van der Waals surface area (Å²) in [5.74, 6) is -0.154. The van der Waals surface area contributed by atoms with Crippen LogP contribution in [0.15, 0.2) is 0 Å². The smallest absolute Gasteiger partial charge is 0.391 e. The second-order valence-corrected chi connectivity index (χ2v) is 19.2. The van der Waals surface area contributed by atoms with E-state index in [1.54, 1.807) is 0 Å². The standard InChI is InChI=1S/C49H101N2O6P/c1-3-5-7-9-11-13-15-17-19-21-22-23-24-25-26-27-29-31-33-35-37-39-41-43-49(53)51-47(46-57-58(54,55)56-45-44-50)48(52)42-40-38-36-34-32-30-28-20-18-16-14-12-10-8-6-4-2/h47-48,52H,3-46,50H2,1-2H3,(H,51,53)(H,54,55)/t47-,48+/m0/s1. The van der Waals surface area contributed by atoms with Gasteiger partial charge in [-0.1, -0.05) is 258 Å². The van der Waals surface area contributed by atoms with Crippen LogP contribution in [0.3, 0.4) is 0 Å². The van der Waals surface area contributed by atoms with E-state index in [4.69, 9.17) is 14.8 Å². The number of unbranched alkanes of at least 4 members (excludes halogenated alkanes) is 37. The molecule has 0 heterocycles. The third-order valence-corrected chi connectivity index (χ3v) is 12.9. The van der Waals surface area contributed by atoms with Crippen LogP contribution in [0, 0.1) is 0 Å². The second kappa shape index (κ2) is 46.0. The number of nitrogens with one attached hydrogen (secondary N) is 1. The highest BCUT2D eigenvalue weighted by Gasteiger charge is 2.27. The van der Waals surface area contributed by atoms with Crippen LogP contribution in [-0.4, -0.2) is 47.8 Å². The Balaban J connectivity index is 3.97. The molecule has 8 nitrogen and oxygen atoms in total. The molecule has 0 fully saturated rings. The molecule has 0 aromatic carbocycles. The molecule has 0 aliphatic carbocycles. The molecular weight excluding hydrogens is 744 g/mol. The summed E-state index contributed by atoms with van der Waals surface area (Å²) in [5.41, 5.74) is 5.40. The third-order valence-electron chi connectivity index (χ3n) is 12.0. The van der Waals surface area contributed by atoms with Gasteiger partial charge >= 0.3 is 7.82 Å². The van der Waals surface area contributed by atoms with Gasteiger partial charge in [-0.3, -0.25) is 13.8 Å². The van der Waals surface area contributed by atoms with E-state index in [0.29, 0.717) is 12.8 Å². The van der Waals surface area contributed by atoms with Gasteiger partial charge in [0.2, 0.25) is 5.91 Å². The van der Waals surface area contributed by atoms with Crippen molar-refractivity contribution in [3.05, 3.63) is 0 Å². The summed E-state index contributed by atoms with van der Waals surface area (Å²) in [6.07, 6.45) is 51.3. The quantitative estimate of drug-likeness (QED) is 0.0354. The van der Waals surface area contributed by atoms with Crippen molar-refractivity contribution in [2.24, 2.45) is 5.73 Å². The Kier molecular flexibility index (Phi) is 45.6. The molecule has 0 saturated heterocycles. The molecule has 0 spiro atoms. The molecule has 0 rings (SSSR count). The zero-order valence-electron chi connectivity index (χ0n) is 38.8. The molecule has 0 radical (unpaired) electrons. The maximum atomic E-state index is 12.8. The number of aliphatic hydroxyl groups is 1. The molecule has 1 amide bonds. The van der Waals surface area contributed by atoms with Crippen molar-refractivity contribution >= 4 is 13.7 Å². The van der Waals surface area contributed by atoms with Gasteiger partial charge in [0, 0.05) is 13.0 Å². The van der Waals surface area contributed by atoms with Gasteiger partial charge in [-0.05, 0) is 12.8 Å². The predicted molar refractivity (Wildman–Crippen MR) is 249 cm³/mol. The van der Waals surface area contributed by atoms with Crippen LogP contribution >= 0.6 is 7.82 Å². The highest BCUT2D eigenvalue weighted by atomic mass is 31.2. The first-order valence-corrected chi connectivity index (χ1v) is 27.1. The molecule has 5 N–H and O–H groups in total. The van der Waals surface area contributed by atoms with E-state index in [2.05, 4.69) is 19.2 Å². The van der Waals surface area contributed by atoms with Crippen LogP contribution in [0.4, 0.5) is 0 Å². The first-order chi connectivity index (χ1) is 28.4. The summed E-state index contributed by atoms with van der Waals surface area (Å²) < 4.78 is 22.3. The molecule has 9 heteroatoms. The third kappa shape index (κ3) is 43.6. The van der Waals surface area contributed by atoms with Crippen LogP contribution in [0.25, 0.3) is 0 Å². The summed E-state index contributed by atoms with van der Waals surface area (Å²) in [5, 5.41) is 13.9. The Hall–Kier alpha value is -0.500. The Bertz CT molecular complexity index is 880. The fourth-order valence-electron chi connectivity index (χ4n) is 8.08. The number of phosphoric acid groups is 1. The lowest BCUT2D eigenvalue weighted by Crippen LogP contribution is -2.46. The summed E-state index contributed by atoms with van der Waals surface area (Å²) in [6, 6.07) is -0.768. The summed E-state index contributed by atoms with van der Waals surface area (Å²) in [4.78, 5) is 22.8. The number of rotatable bonds is 49. The topological polar surface area (TPSA) is 131 Å². The molecule has 0 aromatic heterocycles. The lowest BCUT2D eigenvalue weighted by atomic mass is 10.0. The zero-order chi connectivity index (χ0) is 42.5. The van der Waals surface area contributed by atoms with Gasteiger partial charge in [0.05, 0.1) is 25.4 Å². The van der Waals surface area contributed by atoms with Crippen LogP contribution in [-0.2, 0) is 18.4 Å². The van der Waals surface area contributed by atoms with Gasteiger partial charge in [0.1, 0.15) is 0 Å². The minimum absolute atomic E-state index is 0.0928. The van der Waals surface area contributed by atoms with Crippen LogP contribution < -0.4 is 11.1 Å². The molecular formula is C49H101N2O6P. The Morgan fingerprint density at radius 1 is 0.500 bits per heavy atom. The molecule has 0 aliphatic rings. The lowest BCUT2D eigenvalue weighted by molar-refractivity contribution is -0.123. The summed E-state index contributed by atoms with van der Waals surface area (Å²) in [7, 11) is -4.31. The minimum atomic E-state index is -4.31. The monoisotopic (exact) mass is 845 g/mol. The molecule has 58 heavy (non-hydrogen) atoms. The fourth-order valence-corrected chi connectivity index (χ4v) is 8.84. The molecule has 0 aliphatic heterocycles. The van der Waals surface area contributed by atoms with Crippen LogP contribution in [0.1, 0.15) is 277 Å². The number of carbonyl (C=O) groups is 1. The van der Waals surface area contributed by atoms with Crippen LogP contribution in [0.5, 0.6) is 0 Å². The van der Waals surface area contributed by atoms with Crippen molar-refractivity contribution in [1.82, 2.24) is 5.32 Å². The molecule has 0 saturated carbocycles. The maximum Gasteiger partial charge on any atom is 0.472 e. The highest BCUT2D eigenvalue weighted by Crippen LogP contribution is 2.43. The van der Waals surface area contributed by atoms with Gasteiger partial charge in [0.15, 0.2) is 0 Å². The van der Waals surface area contributed by atoms with Crippen LogP contribution in [0.2, 0.25) is 0 Å². The van der Waals surface area contributed by atoms with E-state index in [-0.39, 0.29) is 25.7 Å². The molecule has 348 valence electrons. The molecule has 0 bridgehead atoms. The number of aliphatic hydroxyl groups excluding tert-OH is 1. The summed E-state index contributed by atoms with van der Waals surface area (Å²) >= 11 is 0. The van der Waals surface area contributed by atoms with Gasteiger partial charge in [-0.2, -0.15) is 0 Å². The first-order valence-electron chi connectivity index (χ1n) is 25.7. The first kappa shape index (κ1) is 57.5. The fraction of sp³-hybridized carbons (Fsp3) is 0.980. The van der Waals surface area contributed by atoms with Crippen molar-refractivity contribution in [2.75, 3.05) is 19.8 Å². The minimum Gasteiger partial charge on any atom is -0.391 e. The normalized spacial score (nSPS) is 13.8. The Labute approximate surface area is 361 Å². The average molecular weight is 845 g/mol. The zero-order valence-corrected chi connectivity index (χ0v) is 39.7. The number of phosphoric ester groups is 1. The van der Waals surface area contributed by atoms with Gasteiger partial charge in [-0.15, -0.1) is 0 Å². The number of hydrogen-bond acceptors (Lipinski definition) is 6. The Morgan fingerprint density at radius 3 is 1.10 bits per heavy atom. The molecule has 0 aromatic rings. The summed E-state index contributed by atoms with van der Waals surface area (Å²) in [6.45, 7) is 4.26. The van der Waals surface area contributed by atoms with Crippen molar-refractivity contribution in [1.29, 1.82) is 0 Å². The number of hydrogen-bond donors (Lipinski definition) is 4. The number of carbonyl (C=O) groups excluding carboxylic acids is 1. The molecule has 3 atom stereocenters. The Morgan fingerprint density at radius 2 is 0.793 bits per heavy atom. The van der Waals surface area contributed by atoms with Gasteiger partial charge in [-0.25, -0.2) is 4.57 Å². The van der Waals surface area contributed by atoms with E-state index in [1.807, 2.05) is 0 Å². The van der Waals surface area contributed by atoms with E-state index < -0.39 is 20.0 Å². The SMILES string of the molecule is CCCCCCCCCCCCCCCCCCCCCCCCCC(=O)N[C@@H](COP(=O)(O)OCCN)[C@H](O)CCCCCCCCCCCCCCCCCC. The second-order valence-electron chi connectivity index (χ2n) is 17.7.